The zero-order valence-corrected chi connectivity index (χ0v) is 4.93. The molecule has 40 valence electrons. The van der Waals surface area contributed by atoms with Gasteiger partial charge in [-0.3, -0.25) is 0 Å². The van der Waals surface area contributed by atoms with Crippen molar-refractivity contribution >= 4 is 32.9 Å². The van der Waals surface area contributed by atoms with E-state index in [1.165, 1.54) is 0 Å². The molecule has 0 aromatic heterocycles. The molecular weight excluding hydrogens is 156 g/mol. The molecule has 0 spiro atoms. The van der Waals surface area contributed by atoms with Gasteiger partial charge in [-0.05, 0) is 0 Å². The zero-order valence-electron chi connectivity index (χ0n) is 2.42. The molecule has 0 saturated heterocycles. The monoisotopic (exact) mass is 156 g/mol. The normalized spacial score (nSPS) is 6.00. The summed E-state index contributed by atoms with van der Waals surface area (Å²) in [5.41, 5.74) is 0. The predicted octanol–water partition coefficient (Wildman–Crippen LogP) is 2.74. The largest absolute Gasteiger partial charge is 0.253 e. The highest BCUT2D eigenvalue weighted by atomic mass is 35.6. The van der Waals surface area contributed by atoms with Crippen LogP contribution in [0.1, 0.15) is 0 Å². The Balaban J connectivity index is 0. The maximum atomic E-state index is 9.65. The summed E-state index contributed by atoms with van der Waals surface area (Å²) < 4.78 is 22.5. The van der Waals surface area contributed by atoms with Crippen molar-refractivity contribution in [3.05, 3.63) is 0 Å². The van der Waals surface area contributed by atoms with E-state index in [1.54, 1.807) is 0 Å². The molecule has 6 heteroatoms. The van der Waals surface area contributed by atoms with Crippen LogP contribution < -0.4 is 0 Å². The average Bonchev–Trinajstić information content (AvgIpc) is 1.39. The van der Waals surface area contributed by atoms with Gasteiger partial charge in [0.25, 0.3) is 9.20 Å². The fraction of sp³-hybridized carbons (Fsp3) is 0. The van der Waals surface area contributed by atoms with Crippen molar-refractivity contribution in [1.29, 1.82) is 0 Å². The SMILES string of the molecule is ClOCl.FPF. The fourth-order valence-corrected chi connectivity index (χ4v) is 0. The summed E-state index contributed by atoms with van der Waals surface area (Å²) in [6, 6.07) is 0. The molecule has 6 heavy (non-hydrogen) atoms. The van der Waals surface area contributed by atoms with Crippen molar-refractivity contribution in [3.63, 3.8) is 0 Å². The Morgan fingerprint density at radius 3 is 1.33 bits per heavy atom. The third kappa shape index (κ3) is 103. The fourth-order valence-electron chi connectivity index (χ4n) is 0. The summed E-state index contributed by atoms with van der Waals surface area (Å²) >= 11 is 8.53. The lowest BCUT2D eigenvalue weighted by Crippen LogP contribution is -1.15. The van der Waals surface area contributed by atoms with Crippen molar-refractivity contribution in [2.75, 3.05) is 0 Å². The molecule has 0 amide bonds. The molecule has 0 fully saturated rings. The molecule has 0 radical (unpaired) electrons. The van der Waals surface area contributed by atoms with Gasteiger partial charge in [0.1, 0.15) is 0 Å². The van der Waals surface area contributed by atoms with Crippen LogP contribution >= 0.6 is 32.9 Å². The van der Waals surface area contributed by atoms with E-state index in [4.69, 9.17) is 0 Å². The van der Waals surface area contributed by atoms with Crippen LogP contribution in [0.25, 0.3) is 0 Å². The lowest BCUT2D eigenvalue weighted by atomic mass is 15.9. The smallest absolute Gasteiger partial charge is 0.192 e. The first kappa shape index (κ1) is 9.95. The Labute approximate surface area is 45.9 Å². The van der Waals surface area contributed by atoms with Gasteiger partial charge in [0.15, 0.2) is 0 Å². The average molecular weight is 157 g/mol. The summed E-state index contributed by atoms with van der Waals surface area (Å²) in [5, 5.41) is 0. The molecule has 0 bridgehead atoms. The van der Waals surface area contributed by atoms with Crippen molar-refractivity contribution in [3.8, 4) is 0 Å². The number of rotatable bonds is 0. The quantitative estimate of drug-likeness (QED) is 0.491. The van der Waals surface area contributed by atoms with Gasteiger partial charge in [-0.1, -0.05) is 0 Å². The van der Waals surface area contributed by atoms with Crippen LogP contribution in [0.3, 0.4) is 0 Å². The van der Waals surface area contributed by atoms with Crippen LogP contribution in [0, 0.1) is 0 Å². The third-order valence-electron chi connectivity index (χ3n) is 0. The maximum Gasteiger partial charge on any atom is 0.253 e. The standard InChI is InChI=1S/Cl2O.F2HP/c2*1-3-2/h;3H. The van der Waals surface area contributed by atoms with Crippen LogP contribution in [-0.2, 0) is 3.84 Å². The lowest BCUT2D eigenvalue weighted by Gasteiger charge is -1.46. The molecule has 0 saturated carbocycles. The number of halogens is 4. The minimum absolute atomic E-state index is 1.92. The van der Waals surface area contributed by atoms with Crippen molar-refractivity contribution < 1.29 is 12.2 Å². The van der Waals surface area contributed by atoms with Gasteiger partial charge in [-0.15, -0.1) is 0 Å². The van der Waals surface area contributed by atoms with E-state index in [2.05, 4.69) is 27.6 Å². The molecule has 0 aromatic carbocycles. The van der Waals surface area contributed by atoms with E-state index in [1.807, 2.05) is 0 Å². The third-order valence-corrected chi connectivity index (χ3v) is 0. The van der Waals surface area contributed by atoms with Crippen LogP contribution in [-0.4, -0.2) is 0 Å². The van der Waals surface area contributed by atoms with Crippen LogP contribution in [0.5, 0.6) is 0 Å². The van der Waals surface area contributed by atoms with E-state index in [9.17, 15) is 8.39 Å². The molecular formula is HCl2F2OP. The van der Waals surface area contributed by atoms with Crippen LogP contribution in [0.2, 0.25) is 0 Å². The second-order valence-corrected chi connectivity index (χ2v) is 0.739. The predicted molar refractivity (Wildman–Crippen MR) is 23.3 cm³/mol. The van der Waals surface area contributed by atoms with Gasteiger partial charge < -0.3 is 0 Å². The van der Waals surface area contributed by atoms with E-state index < -0.39 is 9.20 Å². The molecule has 1 nitrogen and oxygen atoms in total. The highest BCUT2D eigenvalue weighted by molar-refractivity contribution is 7.25. The van der Waals surface area contributed by atoms with Gasteiger partial charge >= 0.3 is 0 Å². The number of hydrogen-bond acceptors (Lipinski definition) is 1. The van der Waals surface area contributed by atoms with Crippen molar-refractivity contribution in [2.45, 2.75) is 0 Å². The maximum absolute atomic E-state index is 9.65. The van der Waals surface area contributed by atoms with E-state index in [0.29, 0.717) is 0 Å². The first-order valence-electron chi connectivity index (χ1n) is 0.687. The molecule has 0 aromatic rings. The molecule has 0 atom stereocenters. The molecule has 0 rings (SSSR count). The van der Waals surface area contributed by atoms with Gasteiger partial charge in [0.2, 0.25) is 0 Å². The lowest BCUT2D eigenvalue weighted by molar-refractivity contribution is 0.697. The molecule has 0 aliphatic carbocycles. The van der Waals surface area contributed by atoms with Crippen molar-refractivity contribution in [2.24, 2.45) is 0 Å². The Kier molecular flexibility index (Phi) is 28.2. The van der Waals surface area contributed by atoms with E-state index in [-0.39, 0.29) is 0 Å². The minimum atomic E-state index is -1.92. The van der Waals surface area contributed by atoms with Gasteiger partial charge in [-0.25, -0.2) is 0 Å². The van der Waals surface area contributed by atoms with E-state index >= 15 is 0 Å². The van der Waals surface area contributed by atoms with Gasteiger partial charge in [0, 0.05) is 0 Å². The summed E-state index contributed by atoms with van der Waals surface area (Å²) in [6.07, 6.45) is 0. The van der Waals surface area contributed by atoms with Gasteiger partial charge in [-0.2, -0.15) is 12.2 Å². The van der Waals surface area contributed by atoms with Crippen molar-refractivity contribution in [1.82, 2.24) is 0 Å². The Morgan fingerprint density at radius 1 is 1.33 bits per heavy atom. The highest BCUT2D eigenvalue weighted by Crippen LogP contribution is 2.07. The molecule has 0 unspecified atom stereocenters. The van der Waals surface area contributed by atoms with Crippen LogP contribution in [0.15, 0.2) is 0 Å². The first-order chi connectivity index (χ1) is 2.83. The summed E-state index contributed by atoms with van der Waals surface area (Å²) in [4.78, 5) is 0. The molecule has 0 N–H and O–H groups in total. The summed E-state index contributed by atoms with van der Waals surface area (Å²) in [6.45, 7) is 0. The summed E-state index contributed by atoms with van der Waals surface area (Å²) in [5.74, 6) is 0. The molecule has 0 heterocycles. The van der Waals surface area contributed by atoms with E-state index in [0.717, 1.165) is 0 Å². The van der Waals surface area contributed by atoms with Crippen LogP contribution in [0.4, 0.5) is 8.39 Å². The molecule has 0 aliphatic rings. The zero-order chi connectivity index (χ0) is 5.41. The Bertz CT molecular complexity index is 13.5. The topological polar surface area (TPSA) is 9.23 Å². The Morgan fingerprint density at radius 2 is 1.33 bits per heavy atom. The summed E-state index contributed by atoms with van der Waals surface area (Å²) in [7, 11) is -1.92. The second kappa shape index (κ2) is 17.0. The minimum Gasteiger partial charge on any atom is -0.192 e. The highest BCUT2D eigenvalue weighted by Gasteiger charge is 1.46. The Hall–Kier alpha value is 0.830. The molecule has 0 aliphatic heterocycles. The van der Waals surface area contributed by atoms with Gasteiger partial charge in [0.05, 0.1) is 23.7 Å². The first-order valence-corrected chi connectivity index (χ1v) is 2.06. The second-order valence-electron chi connectivity index (χ2n) is 0.130. The number of hydrogen-bond donors (Lipinski definition) is 0.